The van der Waals surface area contributed by atoms with Gasteiger partial charge in [-0.1, -0.05) is 23.8 Å². The Morgan fingerprint density at radius 3 is 2.81 bits per heavy atom. The number of fused-ring (bicyclic) bond motifs is 1. The van der Waals surface area contributed by atoms with Crippen molar-refractivity contribution in [2.45, 2.75) is 27.5 Å². The molecule has 0 unspecified atom stereocenters. The molecule has 6 nitrogen and oxygen atoms in total. The highest BCUT2D eigenvalue weighted by Crippen LogP contribution is 2.49. The summed E-state index contributed by atoms with van der Waals surface area (Å²) < 4.78 is 0. The van der Waals surface area contributed by atoms with Gasteiger partial charge in [0.1, 0.15) is 0 Å². The number of carbonyl (C=O) groups is 2. The van der Waals surface area contributed by atoms with E-state index in [-0.39, 0.29) is 11.2 Å². The van der Waals surface area contributed by atoms with Crippen LogP contribution in [0.5, 0.6) is 0 Å². The van der Waals surface area contributed by atoms with Gasteiger partial charge in [0.15, 0.2) is 9.74 Å². The number of carbonyl (C=O) groups excluding carboxylic acids is 2. The molecule has 0 radical (unpaired) electrons. The molecule has 2 aliphatic heterocycles. The van der Waals surface area contributed by atoms with Crippen molar-refractivity contribution in [1.29, 1.82) is 0 Å². The molecule has 4 atom stereocenters. The van der Waals surface area contributed by atoms with Gasteiger partial charge in [0.2, 0.25) is 0 Å². The number of aliphatic hydroxyl groups is 2. The fourth-order valence-electron chi connectivity index (χ4n) is 2.77. The summed E-state index contributed by atoms with van der Waals surface area (Å²) in [5, 5.41) is 24.6. The van der Waals surface area contributed by atoms with Gasteiger partial charge in [-0.2, -0.15) is 0 Å². The van der Waals surface area contributed by atoms with E-state index in [0.717, 1.165) is 17.3 Å². The standard InChI is InChI=1S/C13H16N2O4S2/c1-20-13(6-16)11(19)14-12(10(18)15-13)5-7-3-2-4-8(17)9(7)21-12/h2-4,8-9,16-17H,5-6H2,1H3,(H,14,19)(H,15,18)/t8-,9-,12+,13+/m0/s1. The first-order valence-corrected chi connectivity index (χ1v) is 8.61. The highest BCUT2D eigenvalue weighted by atomic mass is 32.2. The van der Waals surface area contributed by atoms with Gasteiger partial charge in [0.25, 0.3) is 11.8 Å². The molecule has 1 aliphatic carbocycles. The molecule has 2 amide bonds. The van der Waals surface area contributed by atoms with Crippen LogP contribution in [0, 0.1) is 0 Å². The highest BCUT2D eigenvalue weighted by molar-refractivity contribution is 8.02. The van der Waals surface area contributed by atoms with Crippen LogP contribution in [0.2, 0.25) is 0 Å². The number of aliphatic hydroxyl groups excluding tert-OH is 2. The second-order valence-electron chi connectivity index (χ2n) is 5.26. The van der Waals surface area contributed by atoms with Crippen LogP contribution in [0.3, 0.4) is 0 Å². The number of thioether (sulfide) groups is 2. The molecule has 2 heterocycles. The number of nitrogens with one attached hydrogen (secondary N) is 2. The number of piperazine rings is 1. The minimum atomic E-state index is -1.33. The van der Waals surface area contributed by atoms with E-state index in [0.29, 0.717) is 6.42 Å². The molecule has 0 bridgehead atoms. The van der Waals surface area contributed by atoms with E-state index in [4.69, 9.17) is 0 Å². The van der Waals surface area contributed by atoms with Gasteiger partial charge in [-0.25, -0.2) is 0 Å². The van der Waals surface area contributed by atoms with Crippen molar-refractivity contribution in [3.05, 3.63) is 23.8 Å². The van der Waals surface area contributed by atoms with Crippen LogP contribution in [-0.4, -0.2) is 56.0 Å². The highest BCUT2D eigenvalue weighted by Gasteiger charge is 2.58. The Balaban J connectivity index is 1.89. The summed E-state index contributed by atoms with van der Waals surface area (Å²) in [4.78, 5) is 22.5. The lowest BCUT2D eigenvalue weighted by Crippen LogP contribution is -2.73. The third-order valence-electron chi connectivity index (χ3n) is 4.01. The van der Waals surface area contributed by atoms with Crippen LogP contribution in [0.1, 0.15) is 6.42 Å². The van der Waals surface area contributed by atoms with Gasteiger partial charge in [-0.3, -0.25) is 9.59 Å². The van der Waals surface area contributed by atoms with Crippen LogP contribution in [-0.2, 0) is 9.59 Å². The molecule has 3 rings (SSSR count). The predicted octanol–water partition coefficient (Wildman–Crippen LogP) is -0.657. The molecule has 0 aromatic carbocycles. The summed E-state index contributed by atoms with van der Waals surface area (Å²) in [6.45, 7) is -0.469. The zero-order valence-corrected chi connectivity index (χ0v) is 13.0. The molecule has 0 saturated carbocycles. The first-order chi connectivity index (χ1) is 9.96. The molecule has 21 heavy (non-hydrogen) atoms. The maximum absolute atomic E-state index is 12.5. The van der Waals surface area contributed by atoms with E-state index in [1.165, 1.54) is 11.8 Å². The van der Waals surface area contributed by atoms with Crippen LogP contribution < -0.4 is 10.6 Å². The summed E-state index contributed by atoms with van der Waals surface area (Å²) in [5.74, 6) is -0.746. The van der Waals surface area contributed by atoms with Crippen LogP contribution >= 0.6 is 23.5 Å². The van der Waals surface area contributed by atoms with Gasteiger partial charge < -0.3 is 20.8 Å². The zero-order chi connectivity index (χ0) is 15.3. The summed E-state index contributed by atoms with van der Waals surface area (Å²) >= 11 is 2.35. The third kappa shape index (κ3) is 2.12. The van der Waals surface area contributed by atoms with Gasteiger partial charge in [-0.15, -0.1) is 23.5 Å². The minimum Gasteiger partial charge on any atom is -0.392 e. The number of hydrogen-bond donors (Lipinski definition) is 4. The lowest BCUT2D eigenvalue weighted by Gasteiger charge is -2.42. The van der Waals surface area contributed by atoms with E-state index >= 15 is 0 Å². The first-order valence-electron chi connectivity index (χ1n) is 6.51. The Morgan fingerprint density at radius 1 is 1.43 bits per heavy atom. The van der Waals surface area contributed by atoms with Crippen molar-refractivity contribution < 1.29 is 19.8 Å². The lowest BCUT2D eigenvalue weighted by molar-refractivity contribution is -0.140. The smallest absolute Gasteiger partial charge is 0.260 e. The Bertz CT molecular complexity index is 558. The largest absolute Gasteiger partial charge is 0.392 e. The Hall–Kier alpha value is -0.960. The van der Waals surface area contributed by atoms with Crippen LogP contribution in [0.25, 0.3) is 0 Å². The van der Waals surface area contributed by atoms with Crippen molar-refractivity contribution in [2.24, 2.45) is 0 Å². The lowest BCUT2D eigenvalue weighted by atomic mass is 9.94. The second-order valence-corrected chi connectivity index (χ2v) is 7.80. The van der Waals surface area contributed by atoms with Crippen molar-refractivity contribution >= 4 is 35.3 Å². The second kappa shape index (κ2) is 5.05. The average Bonchev–Trinajstić information content (AvgIpc) is 2.84. The fraction of sp³-hybridized carbons (Fsp3) is 0.538. The average molecular weight is 328 g/mol. The molecule has 2 fully saturated rings. The molecule has 2 saturated heterocycles. The van der Waals surface area contributed by atoms with Crippen molar-refractivity contribution in [1.82, 2.24) is 10.6 Å². The molecule has 8 heteroatoms. The summed E-state index contributed by atoms with van der Waals surface area (Å²) in [7, 11) is 0. The number of hydrogen-bond acceptors (Lipinski definition) is 6. The SMILES string of the molecule is CS[C@@]1(CO)NC(=O)[C@]2(CC3=CC=C[C@H](O)[C@H]3S2)NC1=O. The zero-order valence-electron chi connectivity index (χ0n) is 11.3. The van der Waals surface area contributed by atoms with Crippen LogP contribution in [0.4, 0.5) is 0 Å². The first kappa shape index (κ1) is 15.0. The Labute approximate surface area is 130 Å². The number of allylic oxidation sites excluding steroid dienone is 2. The molecular weight excluding hydrogens is 312 g/mol. The monoisotopic (exact) mass is 328 g/mol. The van der Waals surface area contributed by atoms with E-state index in [9.17, 15) is 19.8 Å². The van der Waals surface area contributed by atoms with Gasteiger partial charge in [0.05, 0.1) is 18.0 Å². The van der Waals surface area contributed by atoms with Gasteiger partial charge in [0, 0.05) is 6.42 Å². The summed E-state index contributed by atoms with van der Waals surface area (Å²) in [5.41, 5.74) is 0.936. The topological polar surface area (TPSA) is 98.7 Å². The maximum atomic E-state index is 12.5. The van der Waals surface area contributed by atoms with Gasteiger partial charge >= 0.3 is 0 Å². The Morgan fingerprint density at radius 2 is 2.19 bits per heavy atom. The maximum Gasteiger partial charge on any atom is 0.260 e. The molecule has 0 aromatic rings. The minimum absolute atomic E-state index is 0.225. The Kier molecular flexibility index (Phi) is 3.59. The van der Waals surface area contributed by atoms with E-state index in [1.807, 2.05) is 6.08 Å². The third-order valence-corrected chi connectivity index (χ3v) is 6.79. The summed E-state index contributed by atoms with van der Waals surface area (Å²) in [6.07, 6.45) is 6.66. The molecule has 4 N–H and O–H groups in total. The number of rotatable bonds is 2. The fourth-order valence-corrected chi connectivity index (χ4v) is 4.87. The quantitative estimate of drug-likeness (QED) is 0.537. The summed E-state index contributed by atoms with van der Waals surface area (Å²) in [6, 6.07) is 0. The molecular formula is C13H16N2O4S2. The van der Waals surface area contributed by atoms with E-state index < -0.39 is 28.4 Å². The van der Waals surface area contributed by atoms with Crippen LogP contribution in [0.15, 0.2) is 23.8 Å². The molecule has 0 aromatic heterocycles. The molecule has 1 spiro atoms. The predicted molar refractivity (Wildman–Crippen MR) is 81.6 cm³/mol. The van der Waals surface area contributed by atoms with Crippen molar-refractivity contribution in [3.8, 4) is 0 Å². The normalized spacial score (nSPS) is 41.6. The molecule has 3 aliphatic rings. The van der Waals surface area contributed by atoms with Crippen molar-refractivity contribution in [2.75, 3.05) is 12.9 Å². The van der Waals surface area contributed by atoms with Gasteiger partial charge in [-0.05, 0) is 6.26 Å². The van der Waals surface area contributed by atoms with E-state index in [1.54, 1.807) is 18.4 Å². The van der Waals surface area contributed by atoms with Crippen molar-refractivity contribution in [3.63, 3.8) is 0 Å². The number of amides is 2. The molecule has 114 valence electrons. The van der Waals surface area contributed by atoms with E-state index in [2.05, 4.69) is 10.6 Å².